The molecule has 2 amide bonds. The fourth-order valence-electron chi connectivity index (χ4n) is 1.21. The van der Waals surface area contributed by atoms with Gasteiger partial charge in [0.05, 0.1) is 5.69 Å². The van der Waals surface area contributed by atoms with Gasteiger partial charge in [-0.3, -0.25) is 0 Å². The number of rotatable bonds is 4. The van der Waals surface area contributed by atoms with Gasteiger partial charge < -0.3 is 15.4 Å². The predicted molar refractivity (Wildman–Crippen MR) is 68.1 cm³/mol. The number of hydrogen-bond donors (Lipinski definition) is 2. The van der Waals surface area contributed by atoms with Gasteiger partial charge in [0.2, 0.25) is 0 Å². The topological polar surface area (TPSA) is 50.4 Å². The van der Waals surface area contributed by atoms with E-state index in [1.165, 1.54) is 12.1 Å². The minimum atomic E-state index is -4.82. The molecule has 0 aliphatic rings. The normalized spacial score (nSPS) is 11.0. The molecule has 0 aliphatic heterocycles. The lowest BCUT2D eigenvalue weighted by atomic mass is 10.3. The number of carbonyl (C=O) groups excluding carboxylic acids is 1. The molecule has 1 aromatic carbocycles. The maximum absolute atomic E-state index is 12.2. The van der Waals surface area contributed by atoms with Gasteiger partial charge in [0.25, 0.3) is 0 Å². The monoisotopic (exact) mass is 340 g/mol. The largest absolute Gasteiger partial charge is 0.573 e. The summed E-state index contributed by atoms with van der Waals surface area (Å²) in [6.07, 6.45) is -4.10. The van der Waals surface area contributed by atoms with E-state index in [2.05, 4.69) is 31.3 Å². The average Bonchev–Trinajstić information content (AvgIpc) is 2.28. The Bertz CT molecular complexity index is 452. The van der Waals surface area contributed by atoms with Crippen LogP contribution in [-0.2, 0) is 0 Å². The number of benzene rings is 1. The van der Waals surface area contributed by atoms with E-state index in [1.54, 1.807) is 0 Å². The zero-order valence-corrected chi connectivity index (χ0v) is 11.6. The summed E-state index contributed by atoms with van der Waals surface area (Å²) in [5.74, 6) is -0.478. The molecule has 0 saturated carbocycles. The van der Waals surface area contributed by atoms with E-state index in [0.29, 0.717) is 11.0 Å². The lowest BCUT2D eigenvalue weighted by Gasteiger charge is -2.14. The second kappa shape index (κ2) is 6.65. The van der Waals surface area contributed by atoms with Gasteiger partial charge in [0.15, 0.2) is 5.75 Å². The lowest BCUT2D eigenvalue weighted by molar-refractivity contribution is -0.274. The molecule has 0 unspecified atom stereocenters. The van der Waals surface area contributed by atoms with Crippen molar-refractivity contribution in [2.75, 3.05) is 11.9 Å². The maximum atomic E-state index is 12.2. The highest BCUT2D eigenvalue weighted by molar-refractivity contribution is 9.10. The van der Waals surface area contributed by atoms with Crippen molar-refractivity contribution in [1.29, 1.82) is 0 Å². The van der Waals surface area contributed by atoms with Crippen molar-refractivity contribution in [2.24, 2.45) is 0 Å². The van der Waals surface area contributed by atoms with E-state index >= 15 is 0 Å². The molecule has 0 aromatic heterocycles. The molecule has 1 aromatic rings. The van der Waals surface area contributed by atoms with Crippen molar-refractivity contribution < 1.29 is 22.7 Å². The Hall–Kier alpha value is -1.44. The molecule has 0 bridgehead atoms. The van der Waals surface area contributed by atoms with Gasteiger partial charge in [0, 0.05) is 11.0 Å². The summed E-state index contributed by atoms with van der Waals surface area (Å²) in [4.78, 5) is 11.4. The lowest BCUT2D eigenvalue weighted by Crippen LogP contribution is -2.29. The molecule has 1 rings (SSSR count). The van der Waals surface area contributed by atoms with Gasteiger partial charge in [-0.1, -0.05) is 22.9 Å². The molecule has 2 N–H and O–H groups in total. The number of alkyl halides is 3. The summed E-state index contributed by atoms with van der Waals surface area (Å²) >= 11 is 3.04. The summed E-state index contributed by atoms with van der Waals surface area (Å²) in [7, 11) is 0. The number of ether oxygens (including phenoxy) is 1. The van der Waals surface area contributed by atoms with Crippen LogP contribution in [0.25, 0.3) is 0 Å². The Labute approximate surface area is 116 Å². The van der Waals surface area contributed by atoms with Crippen LogP contribution in [0.5, 0.6) is 5.75 Å². The molecule has 0 saturated heterocycles. The number of anilines is 1. The first kappa shape index (κ1) is 15.6. The summed E-state index contributed by atoms with van der Waals surface area (Å²) < 4.78 is 40.9. The molecule has 4 nitrogen and oxygen atoms in total. The van der Waals surface area contributed by atoms with Crippen molar-refractivity contribution in [3.63, 3.8) is 0 Å². The van der Waals surface area contributed by atoms with Crippen molar-refractivity contribution >= 4 is 27.6 Å². The van der Waals surface area contributed by atoms with E-state index in [0.717, 1.165) is 12.5 Å². The molecule has 0 radical (unpaired) electrons. The van der Waals surface area contributed by atoms with E-state index < -0.39 is 18.1 Å². The second-order valence-corrected chi connectivity index (χ2v) is 4.48. The SMILES string of the molecule is CCCNC(=O)Nc1ccc(Br)cc1OC(F)(F)F. The van der Waals surface area contributed by atoms with Crippen molar-refractivity contribution in [3.05, 3.63) is 22.7 Å². The van der Waals surface area contributed by atoms with Crippen LogP contribution in [0.3, 0.4) is 0 Å². The first-order chi connectivity index (χ1) is 8.81. The summed E-state index contributed by atoms with van der Waals surface area (Å²) in [6, 6.07) is 3.36. The van der Waals surface area contributed by atoms with E-state index in [4.69, 9.17) is 0 Å². The van der Waals surface area contributed by atoms with Crippen molar-refractivity contribution in [2.45, 2.75) is 19.7 Å². The highest BCUT2D eigenvalue weighted by Crippen LogP contribution is 2.32. The zero-order chi connectivity index (χ0) is 14.5. The molecule has 19 heavy (non-hydrogen) atoms. The molecule has 106 valence electrons. The second-order valence-electron chi connectivity index (χ2n) is 3.57. The third-order valence-corrected chi connectivity index (χ3v) is 2.45. The van der Waals surface area contributed by atoms with E-state index in [9.17, 15) is 18.0 Å². The minimum Gasteiger partial charge on any atom is -0.404 e. The van der Waals surface area contributed by atoms with Crippen LogP contribution in [0.4, 0.5) is 23.7 Å². The van der Waals surface area contributed by atoms with E-state index in [1.807, 2.05) is 6.92 Å². The zero-order valence-electron chi connectivity index (χ0n) is 9.97. The van der Waals surface area contributed by atoms with Crippen molar-refractivity contribution in [3.8, 4) is 5.75 Å². The Balaban J connectivity index is 2.84. The van der Waals surface area contributed by atoms with Crippen LogP contribution in [0.15, 0.2) is 22.7 Å². The number of nitrogens with one attached hydrogen (secondary N) is 2. The first-order valence-electron chi connectivity index (χ1n) is 5.42. The van der Waals surface area contributed by atoms with Gasteiger partial charge in [-0.05, 0) is 24.6 Å². The number of halogens is 4. The van der Waals surface area contributed by atoms with Crippen LogP contribution in [0.2, 0.25) is 0 Å². The molecule has 0 aliphatic carbocycles. The summed E-state index contributed by atoms with van der Waals surface area (Å²) in [6.45, 7) is 2.29. The van der Waals surface area contributed by atoms with Crippen LogP contribution < -0.4 is 15.4 Å². The van der Waals surface area contributed by atoms with Gasteiger partial charge in [-0.25, -0.2) is 4.79 Å². The number of urea groups is 1. The molecular formula is C11H12BrF3N2O2. The highest BCUT2D eigenvalue weighted by Gasteiger charge is 2.32. The van der Waals surface area contributed by atoms with Crippen LogP contribution in [-0.4, -0.2) is 18.9 Å². The van der Waals surface area contributed by atoms with E-state index in [-0.39, 0.29) is 5.69 Å². The third-order valence-electron chi connectivity index (χ3n) is 1.95. The Kier molecular flexibility index (Phi) is 5.46. The quantitative estimate of drug-likeness (QED) is 0.873. The molecular weight excluding hydrogens is 329 g/mol. The van der Waals surface area contributed by atoms with Crippen LogP contribution >= 0.6 is 15.9 Å². The fraction of sp³-hybridized carbons (Fsp3) is 0.364. The number of amides is 2. The molecule has 0 spiro atoms. The average molecular weight is 341 g/mol. The Morgan fingerprint density at radius 3 is 2.68 bits per heavy atom. The molecule has 0 atom stereocenters. The first-order valence-corrected chi connectivity index (χ1v) is 6.21. The van der Waals surface area contributed by atoms with Crippen LogP contribution in [0, 0.1) is 0 Å². The third kappa shape index (κ3) is 5.82. The molecule has 8 heteroatoms. The molecule has 0 heterocycles. The van der Waals surface area contributed by atoms with Crippen molar-refractivity contribution in [1.82, 2.24) is 5.32 Å². The van der Waals surface area contributed by atoms with Gasteiger partial charge >= 0.3 is 12.4 Å². The highest BCUT2D eigenvalue weighted by atomic mass is 79.9. The smallest absolute Gasteiger partial charge is 0.404 e. The van der Waals surface area contributed by atoms with Gasteiger partial charge in [-0.2, -0.15) is 0 Å². The van der Waals surface area contributed by atoms with Gasteiger partial charge in [0.1, 0.15) is 0 Å². The Morgan fingerprint density at radius 1 is 1.42 bits per heavy atom. The molecule has 0 fully saturated rings. The van der Waals surface area contributed by atoms with Crippen LogP contribution in [0.1, 0.15) is 13.3 Å². The predicted octanol–water partition coefficient (Wildman–Crippen LogP) is 3.88. The maximum Gasteiger partial charge on any atom is 0.573 e. The minimum absolute atomic E-state index is 0.0610. The van der Waals surface area contributed by atoms with Gasteiger partial charge in [-0.15, -0.1) is 13.2 Å². The summed E-state index contributed by atoms with van der Waals surface area (Å²) in [5.41, 5.74) is -0.0610. The Morgan fingerprint density at radius 2 is 2.11 bits per heavy atom. The fourth-order valence-corrected chi connectivity index (χ4v) is 1.55. The standard InChI is InChI=1S/C11H12BrF3N2O2/c1-2-5-16-10(18)17-8-4-3-7(12)6-9(8)19-11(13,14)15/h3-4,6H,2,5H2,1H3,(H2,16,17,18). The number of hydrogen-bond acceptors (Lipinski definition) is 2. The number of carbonyl (C=O) groups is 1. The summed E-state index contributed by atoms with van der Waals surface area (Å²) in [5, 5.41) is 4.79.